The van der Waals surface area contributed by atoms with Gasteiger partial charge in [-0.05, 0) is 93.0 Å². The zero-order valence-electron chi connectivity index (χ0n) is 35.8. The fraction of sp³-hybridized carbons (Fsp3) is 0. The quantitative estimate of drug-likeness (QED) is 0.168. The fourth-order valence-electron chi connectivity index (χ4n) is 9.02. The summed E-state index contributed by atoms with van der Waals surface area (Å²) in [6.45, 7) is 0. The summed E-state index contributed by atoms with van der Waals surface area (Å²) in [6, 6.07) is 65.2. The van der Waals surface area contributed by atoms with Gasteiger partial charge in [0, 0.05) is 27.2 Å². The minimum atomic E-state index is -0.317. The largest absolute Gasteiger partial charge is 0.455 e. The Morgan fingerprint density at radius 3 is 1.75 bits per heavy atom. The number of rotatable bonds is 6. The molecule has 0 aliphatic carbocycles. The lowest BCUT2D eigenvalue weighted by Crippen LogP contribution is -2.13. The maximum Gasteiger partial charge on any atom is 0.143 e. The van der Waals surface area contributed by atoms with Crippen LogP contribution in [0.25, 0.3) is 93.2 Å². The second-order valence-corrected chi connectivity index (χ2v) is 15.0. The van der Waals surface area contributed by atoms with Crippen molar-refractivity contribution in [1.29, 1.82) is 0 Å². The Labute approximate surface area is 346 Å². The lowest BCUT2D eigenvalue weighted by atomic mass is 9.96. The number of fused-ring (bicyclic) bond motifs is 9. The van der Waals surface area contributed by atoms with Crippen LogP contribution < -0.4 is 4.90 Å². The first kappa shape index (κ1) is 29.4. The zero-order chi connectivity index (χ0) is 42.3. The van der Waals surface area contributed by atoms with Gasteiger partial charge in [-0.3, -0.25) is 0 Å². The first-order chi connectivity index (χ1) is 30.9. The van der Waals surface area contributed by atoms with Crippen LogP contribution in [0.5, 0.6) is 0 Å². The van der Waals surface area contributed by atoms with Crippen LogP contribution in [0.2, 0.25) is 0 Å². The van der Waals surface area contributed by atoms with Crippen LogP contribution in [0.1, 0.15) is 5.48 Å². The Balaban J connectivity index is 1.10. The summed E-state index contributed by atoms with van der Waals surface area (Å²) in [5.41, 5.74) is 9.62. The highest BCUT2D eigenvalue weighted by Gasteiger charge is 2.24. The summed E-state index contributed by atoms with van der Waals surface area (Å²) >= 11 is 0. The number of hydrogen-bond acceptors (Lipinski definition) is 2. The highest BCUT2D eigenvalue weighted by atomic mass is 16.3. The number of benzene rings is 10. The van der Waals surface area contributed by atoms with Crippen molar-refractivity contribution in [2.24, 2.45) is 0 Å². The molecule has 0 spiro atoms. The number of hydrogen-bond donors (Lipinski definition) is 0. The molecule has 12 rings (SSSR count). The summed E-state index contributed by atoms with van der Waals surface area (Å²) in [5, 5.41) is 8.20. The van der Waals surface area contributed by atoms with Crippen molar-refractivity contribution in [1.82, 2.24) is 4.57 Å². The van der Waals surface area contributed by atoms with Crippen LogP contribution in [0.3, 0.4) is 0 Å². The van der Waals surface area contributed by atoms with Crippen molar-refractivity contribution in [3.63, 3.8) is 0 Å². The van der Waals surface area contributed by atoms with E-state index in [4.69, 9.17) is 7.16 Å². The molecule has 0 amide bonds. The number of furan rings is 1. The van der Waals surface area contributed by atoms with Crippen LogP contribution in [0.4, 0.5) is 17.1 Å². The highest BCUT2D eigenvalue weighted by molar-refractivity contribution is 6.20. The van der Waals surface area contributed by atoms with E-state index in [0.29, 0.717) is 17.0 Å². The molecule has 0 saturated carbocycles. The van der Waals surface area contributed by atoms with Crippen LogP contribution in [-0.4, -0.2) is 4.57 Å². The van der Waals surface area contributed by atoms with Crippen LogP contribution in [-0.2, 0) is 0 Å². The standard InChI is InChI=1S/C56H36N2O/c1-3-16-43-39(13-1)15-11-20-44(43)41-29-27-37(28-30-41)38-31-34-42(35-32-38)57(53-25-12-26-54-55(53)48-36-33-40-14-2-4-17-45(40)56(48)59-54)51-23-9-10-24-52(51)58-49-21-7-5-18-46(49)47-19-6-8-22-50(47)58/h1-36H/i9D,10D,23D,24D. The Morgan fingerprint density at radius 1 is 0.424 bits per heavy atom. The third-order valence-corrected chi connectivity index (χ3v) is 11.7. The molecule has 0 aliphatic rings. The van der Waals surface area contributed by atoms with E-state index in [1.807, 2.05) is 88.3 Å². The molecule has 3 nitrogen and oxygen atoms in total. The molecule has 0 unspecified atom stereocenters. The summed E-state index contributed by atoms with van der Waals surface area (Å²) in [5.74, 6) is 0. The van der Waals surface area contributed by atoms with Gasteiger partial charge in [0.1, 0.15) is 11.2 Å². The topological polar surface area (TPSA) is 21.3 Å². The minimum Gasteiger partial charge on any atom is -0.455 e. The Bertz CT molecular complexity index is 3740. The predicted molar refractivity (Wildman–Crippen MR) is 249 cm³/mol. The maximum atomic E-state index is 9.81. The third-order valence-electron chi connectivity index (χ3n) is 11.7. The lowest BCUT2D eigenvalue weighted by molar-refractivity contribution is 0.672. The molecule has 0 aliphatic heterocycles. The number of anilines is 3. The van der Waals surface area contributed by atoms with E-state index in [-0.39, 0.29) is 24.2 Å². The molecule has 2 aromatic heterocycles. The molecule has 0 fully saturated rings. The first-order valence-corrected chi connectivity index (χ1v) is 19.9. The molecule has 12 aromatic rings. The van der Waals surface area contributed by atoms with E-state index in [2.05, 4.69) is 115 Å². The zero-order valence-corrected chi connectivity index (χ0v) is 31.8. The number of para-hydroxylation sites is 4. The second kappa shape index (κ2) is 13.4. The van der Waals surface area contributed by atoms with Crippen LogP contribution in [0.15, 0.2) is 223 Å². The molecule has 10 aromatic carbocycles. The van der Waals surface area contributed by atoms with E-state index in [0.717, 1.165) is 77.0 Å². The van der Waals surface area contributed by atoms with Gasteiger partial charge >= 0.3 is 0 Å². The number of aromatic nitrogens is 1. The van der Waals surface area contributed by atoms with Gasteiger partial charge in [0.2, 0.25) is 0 Å². The maximum absolute atomic E-state index is 9.81. The molecule has 59 heavy (non-hydrogen) atoms. The molecule has 0 radical (unpaired) electrons. The molecule has 2 heterocycles. The van der Waals surface area contributed by atoms with Crippen molar-refractivity contribution >= 4 is 82.4 Å². The van der Waals surface area contributed by atoms with E-state index in [9.17, 15) is 2.74 Å². The monoisotopic (exact) mass is 756 g/mol. The van der Waals surface area contributed by atoms with E-state index in [1.165, 1.54) is 16.3 Å². The molecular weight excluding hydrogens is 717 g/mol. The van der Waals surface area contributed by atoms with E-state index in [1.54, 1.807) is 0 Å². The van der Waals surface area contributed by atoms with Gasteiger partial charge in [-0.25, -0.2) is 0 Å². The Kier molecular flexibility index (Phi) is 6.65. The Morgan fingerprint density at radius 2 is 1.00 bits per heavy atom. The summed E-state index contributed by atoms with van der Waals surface area (Å²) in [4.78, 5) is 2.00. The van der Waals surface area contributed by atoms with Gasteiger partial charge in [0.15, 0.2) is 0 Å². The van der Waals surface area contributed by atoms with Crippen molar-refractivity contribution in [3.8, 4) is 27.9 Å². The predicted octanol–water partition coefficient (Wildman–Crippen LogP) is 15.8. The number of nitrogens with zero attached hydrogens (tertiary/aromatic N) is 2. The van der Waals surface area contributed by atoms with Crippen molar-refractivity contribution in [2.45, 2.75) is 0 Å². The lowest BCUT2D eigenvalue weighted by Gasteiger charge is -2.29. The van der Waals surface area contributed by atoms with Crippen LogP contribution in [0, 0.1) is 0 Å². The van der Waals surface area contributed by atoms with Gasteiger partial charge in [0.25, 0.3) is 0 Å². The fourth-order valence-corrected chi connectivity index (χ4v) is 9.02. The highest BCUT2D eigenvalue weighted by Crippen LogP contribution is 2.47. The van der Waals surface area contributed by atoms with Crippen LogP contribution >= 0.6 is 0 Å². The summed E-state index contributed by atoms with van der Waals surface area (Å²) in [6.07, 6.45) is 0. The molecule has 0 N–H and O–H groups in total. The van der Waals surface area contributed by atoms with Crippen molar-refractivity contribution in [2.75, 3.05) is 4.90 Å². The average Bonchev–Trinajstić information content (AvgIpc) is 3.89. The van der Waals surface area contributed by atoms with Gasteiger partial charge in [0.05, 0.1) is 39.0 Å². The van der Waals surface area contributed by atoms with Gasteiger partial charge < -0.3 is 13.9 Å². The van der Waals surface area contributed by atoms with Gasteiger partial charge in [-0.2, -0.15) is 0 Å². The first-order valence-electron chi connectivity index (χ1n) is 21.9. The molecule has 0 bridgehead atoms. The SMILES string of the molecule is [2H]c1c([2H])c([2H])c(-n2c3ccccc3c3ccccc32)c(N(c2ccc(-c3ccc(-c4cccc5ccccc45)cc3)cc2)c2cccc3oc4c5ccccc5ccc4c23)c1[2H]. The molecule has 3 heteroatoms. The smallest absolute Gasteiger partial charge is 0.143 e. The third kappa shape index (κ3) is 5.29. The van der Waals surface area contributed by atoms with E-state index >= 15 is 0 Å². The normalized spacial score (nSPS) is 12.7. The Hall–Kier alpha value is -7.88. The van der Waals surface area contributed by atoms with Crippen molar-refractivity contribution < 1.29 is 9.90 Å². The summed E-state index contributed by atoms with van der Waals surface area (Å²) in [7, 11) is 0. The summed E-state index contributed by atoms with van der Waals surface area (Å²) < 4.78 is 46.4. The molecule has 276 valence electrons. The minimum absolute atomic E-state index is 0.138. The van der Waals surface area contributed by atoms with Crippen molar-refractivity contribution in [3.05, 3.63) is 218 Å². The molecule has 0 atom stereocenters. The van der Waals surface area contributed by atoms with Gasteiger partial charge in [-0.1, -0.05) is 164 Å². The van der Waals surface area contributed by atoms with E-state index < -0.39 is 0 Å². The molecule has 0 saturated heterocycles. The second-order valence-electron chi connectivity index (χ2n) is 15.0. The average molecular weight is 757 g/mol. The molecular formula is C56H36N2O. The van der Waals surface area contributed by atoms with Gasteiger partial charge in [-0.15, -0.1) is 0 Å².